The topological polar surface area (TPSA) is 0 Å². The molecule has 0 aliphatic heterocycles. The van der Waals surface area contributed by atoms with Gasteiger partial charge in [-0.25, -0.2) is 0 Å². The predicted molar refractivity (Wildman–Crippen MR) is 29.2 cm³/mol. The fraction of sp³-hybridized carbons (Fsp3) is 1.00. The molecule has 0 spiro atoms. The van der Waals surface area contributed by atoms with Gasteiger partial charge in [-0.05, 0) is 0 Å². The van der Waals surface area contributed by atoms with Crippen molar-refractivity contribution in [1.82, 2.24) is 0 Å². The van der Waals surface area contributed by atoms with Crippen molar-refractivity contribution in [2.24, 2.45) is 0 Å². The van der Waals surface area contributed by atoms with E-state index in [0.29, 0.717) is 0 Å². The zero-order chi connectivity index (χ0) is 5.58. The molecule has 1 radical (unpaired) electrons. The molecular formula is C4H12HgSi. The standard InChI is InChI=1S/C3H9Si.CH3.Hg/c1-4(2)3;;/h1-3H3;1H3;. The van der Waals surface area contributed by atoms with Crippen LogP contribution in [0.25, 0.3) is 0 Å². The maximum atomic E-state index is 2.27. The van der Waals surface area contributed by atoms with E-state index in [1.165, 1.54) is 0 Å². The Kier molecular flexibility index (Phi) is 16.1. The van der Waals surface area contributed by atoms with Crippen LogP contribution < -0.4 is 0 Å². The van der Waals surface area contributed by atoms with E-state index in [2.05, 4.69) is 24.1 Å². The minimum atomic E-state index is 0.120. The van der Waals surface area contributed by atoms with Crippen LogP contribution in [0.15, 0.2) is 0 Å². The first-order valence-electron chi connectivity index (χ1n) is 2.21. The molecule has 0 saturated carbocycles. The van der Waals surface area contributed by atoms with Gasteiger partial charge in [-0.15, -0.1) is 0 Å². The van der Waals surface area contributed by atoms with Gasteiger partial charge in [-0.2, -0.15) is 0 Å². The van der Waals surface area contributed by atoms with Crippen molar-refractivity contribution in [2.75, 3.05) is 0 Å². The third-order valence-electron chi connectivity index (χ3n) is 0. The normalized spacial score (nSPS) is 7.17. The van der Waals surface area contributed by atoms with Gasteiger partial charge in [0.25, 0.3) is 0 Å². The van der Waals surface area contributed by atoms with Crippen LogP contribution in [0, 0.1) is 0 Å². The SMILES string of the molecule is C[Si](C)C.[CH3][Hg]. The summed E-state index contributed by atoms with van der Waals surface area (Å²) in [5.41, 5.74) is 0. The average molecular weight is 289 g/mol. The van der Waals surface area contributed by atoms with Crippen LogP contribution >= 0.6 is 0 Å². The van der Waals surface area contributed by atoms with E-state index in [9.17, 15) is 0 Å². The molecule has 0 nitrogen and oxygen atoms in total. The Morgan fingerprint density at radius 1 is 1.00 bits per heavy atom. The fourth-order valence-corrected chi connectivity index (χ4v) is 0. The van der Waals surface area contributed by atoms with Crippen molar-refractivity contribution in [3.8, 4) is 0 Å². The van der Waals surface area contributed by atoms with Crippen molar-refractivity contribution in [2.45, 2.75) is 24.1 Å². The zero-order valence-electron chi connectivity index (χ0n) is 5.21. The van der Waals surface area contributed by atoms with Gasteiger partial charge in [0.05, 0.1) is 0 Å². The van der Waals surface area contributed by atoms with Gasteiger partial charge in [-0.3, -0.25) is 0 Å². The number of hydrogen-bond acceptors (Lipinski definition) is 0. The molecule has 34 valence electrons. The second-order valence-electron chi connectivity index (χ2n) is 1.50. The first-order valence-corrected chi connectivity index (χ1v) is 10.7. The van der Waals surface area contributed by atoms with E-state index in [0.717, 1.165) is 26.1 Å². The molecule has 0 fully saturated rings. The second kappa shape index (κ2) is 9.47. The van der Waals surface area contributed by atoms with Gasteiger partial charge in [0.15, 0.2) is 0 Å². The van der Waals surface area contributed by atoms with Gasteiger partial charge in [0.1, 0.15) is 0 Å². The van der Waals surface area contributed by atoms with Gasteiger partial charge in [-0.1, -0.05) is 19.6 Å². The van der Waals surface area contributed by atoms with E-state index in [4.69, 9.17) is 0 Å². The average Bonchev–Trinajstić information content (AvgIpc) is 1.41. The molecule has 0 atom stereocenters. The Balaban J connectivity index is 0. The molecule has 0 heterocycles. The molecule has 0 saturated heterocycles. The molecule has 0 rings (SSSR count). The van der Waals surface area contributed by atoms with Crippen LogP contribution in [0.1, 0.15) is 0 Å². The molecule has 0 amide bonds. The Morgan fingerprint density at radius 3 is 1.00 bits per heavy atom. The molecule has 0 aromatic carbocycles. The first-order chi connectivity index (χ1) is 2.73. The van der Waals surface area contributed by atoms with Crippen LogP contribution in [0.2, 0.25) is 24.1 Å². The first kappa shape index (κ1) is 10.2. The molecular weight excluding hydrogens is 277 g/mol. The Hall–Kier alpha value is 1.15. The summed E-state index contributed by atoms with van der Waals surface area (Å²) in [4.78, 5) is 0. The summed E-state index contributed by atoms with van der Waals surface area (Å²) in [6.07, 6.45) is 0. The van der Waals surface area contributed by atoms with Crippen LogP contribution in [0.5, 0.6) is 0 Å². The van der Waals surface area contributed by atoms with E-state index >= 15 is 0 Å². The van der Waals surface area contributed by atoms with Gasteiger partial charge >= 0.3 is 30.6 Å². The molecule has 0 aromatic heterocycles. The molecule has 0 aliphatic carbocycles. The van der Waals surface area contributed by atoms with Crippen LogP contribution in [0.3, 0.4) is 0 Å². The van der Waals surface area contributed by atoms with Gasteiger partial charge in [0, 0.05) is 8.80 Å². The zero-order valence-corrected chi connectivity index (χ0v) is 11.7. The van der Waals surface area contributed by atoms with Crippen molar-refractivity contribution in [3.63, 3.8) is 0 Å². The summed E-state index contributed by atoms with van der Waals surface area (Å²) in [6, 6.07) is 0. The van der Waals surface area contributed by atoms with E-state index in [-0.39, 0.29) is 8.80 Å². The molecule has 0 aromatic rings. The third kappa shape index (κ3) is 66.9. The van der Waals surface area contributed by atoms with Crippen molar-refractivity contribution >= 4 is 8.80 Å². The Bertz CT molecular complexity index is 12.3. The van der Waals surface area contributed by atoms with Crippen LogP contribution in [-0.4, -0.2) is 8.80 Å². The van der Waals surface area contributed by atoms with Crippen molar-refractivity contribution < 1.29 is 26.1 Å². The molecule has 0 N–H and O–H groups in total. The second-order valence-corrected chi connectivity index (χ2v) is 4.50. The maximum absolute atomic E-state index is 2.27. The Labute approximate surface area is 58.9 Å². The van der Waals surface area contributed by atoms with E-state index < -0.39 is 0 Å². The fourth-order valence-electron chi connectivity index (χ4n) is 0. The monoisotopic (exact) mass is 290 g/mol. The predicted octanol–water partition coefficient (Wildman–Crippen LogP) is 1.95. The number of hydrogen-bond donors (Lipinski definition) is 0. The summed E-state index contributed by atoms with van der Waals surface area (Å²) in [7, 11) is 0.120. The summed E-state index contributed by atoms with van der Waals surface area (Å²) in [5, 5.41) is 0. The van der Waals surface area contributed by atoms with E-state index in [1.54, 1.807) is 0 Å². The van der Waals surface area contributed by atoms with Gasteiger partial charge < -0.3 is 0 Å². The Morgan fingerprint density at radius 2 is 1.00 bits per heavy atom. The van der Waals surface area contributed by atoms with Crippen molar-refractivity contribution in [1.29, 1.82) is 0 Å². The summed E-state index contributed by atoms with van der Waals surface area (Å²) >= 11 is 1.03. The summed E-state index contributed by atoms with van der Waals surface area (Å²) in [6.45, 7) is 6.81. The third-order valence-corrected chi connectivity index (χ3v) is 0. The molecule has 6 heavy (non-hydrogen) atoms. The molecule has 0 bridgehead atoms. The van der Waals surface area contributed by atoms with E-state index in [1.807, 2.05) is 0 Å². The quantitative estimate of drug-likeness (QED) is 0.598. The molecule has 0 aliphatic rings. The molecule has 0 unspecified atom stereocenters. The molecule has 2 heteroatoms. The van der Waals surface area contributed by atoms with Crippen LogP contribution in [0.4, 0.5) is 0 Å². The van der Waals surface area contributed by atoms with Crippen LogP contribution in [-0.2, 0) is 26.1 Å². The number of rotatable bonds is 0. The van der Waals surface area contributed by atoms with Gasteiger partial charge in [0.2, 0.25) is 0 Å². The minimum absolute atomic E-state index is 0.120. The summed E-state index contributed by atoms with van der Waals surface area (Å²) < 4.78 is 2.19. The summed E-state index contributed by atoms with van der Waals surface area (Å²) in [5.74, 6) is 0. The van der Waals surface area contributed by atoms with Crippen molar-refractivity contribution in [3.05, 3.63) is 0 Å².